The topological polar surface area (TPSA) is 105 Å². The predicted molar refractivity (Wildman–Crippen MR) is 107 cm³/mol. The number of amides is 2. The highest BCUT2D eigenvalue weighted by molar-refractivity contribution is 7.90. The average molecular weight is 412 g/mol. The predicted octanol–water partition coefficient (Wildman–Crippen LogP) is 2.57. The van der Waals surface area contributed by atoms with E-state index in [1.54, 1.807) is 18.2 Å². The van der Waals surface area contributed by atoms with Crippen LogP contribution in [0.15, 0.2) is 76.0 Å². The van der Waals surface area contributed by atoms with E-state index in [0.717, 1.165) is 11.1 Å². The highest BCUT2D eigenvalue weighted by atomic mass is 32.2. The molecule has 1 heterocycles. The van der Waals surface area contributed by atoms with E-state index in [2.05, 4.69) is 10.9 Å². The molecule has 2 aromatic carbocycles. The lowest BCUT2D eigenvalue weighted by Gasteiger charge is -2.06. The molecule has 0 saturated carbocycles. The van der Waals surface area contributed by atoms with Crippen molar-refractivity contribution in [3.63, 3.8) is 0 Å². The first-order chi connectivity index (χ1) is 13.8. The van der Waals surface area contributed by atoms with Gasteiger partial charge in [0.2, 0.25) is 5.91 Å². The number of aryl methyl sites for hydroxylation is 1. The zero-order valence-corrected chi connectivity index (χ0v) is 16.5. The Morgan fingerprint density at radius 2 is 1.59 bits per heavy atom. The Bertz CT molecular complexity index is 1100. The molecule has 1 aromatic heterocycles. The van der Waals surface area contributed by atoms with Crippen LogP contribution in [0.3, 0.4) is 0 Å². The molecule has 3 rings (SSSR count). The molecule has 0 aliphatic heterocycles. The smallest absolute Gasteiger partial charge is 0.305 e. The molecule has 0 bridgehead atoms. The molecule has 7 nitrogen and oxygen atoms in total. The summed E-state index contributed by atoms with van der Waals surface area (Å²) in [6.45, 7) is 1.95. The standard InChI is InChI=1S/C21H20N2O5S/c1-15-7-9-16(10-8-15)13-20(24)22-23-21(25)19-12-11-17(28-19)14-29(26,27)18-5-3-2-4-6-18/h2-12H,13-14H2,1H3,(H,22,24)(H,23,25). The Labute approximate surface area is 168 Å². The molecule has 0 spiro atoms. The number of sulfone groups is 1. The largest absolute Gasteiger partial charge is 0.455 e. The molecule has 150 valence electrons. The van der Waals surface area contributed by atoms with Crippen LogP contribution in [-0.4, -0.2) is 20.2 Å². The van der Waals surface area contributed by atoms with Gasteiger partial charge in [0.25, 0.3) is 0 Å². The number of carbonyl (C=O) groups is 2. The van der Waals surface area contributed by atoms with Gasteiger partial charge in [-0.1, -0.05) is 48.0 Å². The molecule has 0 aliphatic rings. The van der Waals surface area contributed by atoms with Crippen LogP contribution in [0.25, 0.3) is 0 Å². The Kier molecular flexibility index (Phi) is 6.13. The van der Waals surface area contributed by atoms with Gasteiger partial charge in [0.1, 0.15) is 11.5 Å². The Morgan fingerprint density at radius 3 is 2.28 bits per heavy atom. The van der Waals surface area contributed by atoms with Crippen LogP contribution < -0.4 is 10.9 Å². The lowest BCUT2D eigenvalue weighted by Crippen LogP contribution is -2.42. The number of hydrogen-bond donors (Lipinski definition) is 2. The summed E-state index contributed by atoms with van der Waals surface area (Å²) in [5.41, 5.74) is 6.47. The first-order valence-electron chi connectivity index (χ1n) is 8.85. The third-order valence-corrected chi connectivity index (χ3v) is 5.78. The Balaban J connectivity index is 1.55. The van der Waals surface area contributed by atoms with Crippen LogP contribution >= 0.6 is 0 Å². The average Bonchev–Trinajstić information content (AvgIpc) is 3.16. The first-order valence-corrected chi connectivity index (χ1v) is 10.5. The second-order valence-electron chi connectivity index (χ2n) is 6.50. The van der Waals surface area contributed by atoms with E-state index in [4.69, 9.17) is 4.42 Å². The molecule has 0 atom stereocenters. The van der Waals surface area contributed by atoms with Crippen molar-refractivity contribution in [1.29, 1.82) is 0 Å². The molecule has 29 heavy (non-hydrogen) atoms. The minimum Gasteiger partial charge on any atom is -0.455 e. The van der Waals surface area contributed by atoms with Crippen LogP contribution in [0.2, 0.25) is 0 Å². The summed E-state index contributed by atoms with van der Waals surface area (Å²) >= 11 is 0. The van der Waals surface area contributed by atoms with Crippen molar-refractivity contribution in [2.75, 3.05) is 0 Å². The van der Waals surface area contributed by atoms with E-state index in [1.807, 2.05) is 31.2 Å². The van der Waals surface area contributed by atoms with E-state index in [0.29, 0.717) is 0 Å². The third kappa shape index (κ3) is 5.55. The summed E-state index contributed by atoms with van der Waals surface area (Å²) in [5, 5.41) is 0. The van der Waals surface area contributed by atoms with Crippen LogP contribution in [0.5, 0.6) is 0 Å². The molecule has 0 radical (unpaired) electrons. The number of rotatable bonds is 6. The second-order valence-corrected chi connectivity index (χ2v) is 8.49. The van der Waals surface area contributed by atoms with Gasteiger partial charge in [0, 0.05) is 0 Å². The minimum atomic E-state index is -3.58. The molecule has 0 aliphatic carbocycles. The molecular weight excluding hydrogens is 392 g/mol. The quantitative estimate of drug-likeness (QED) is 0.606. The summed E-state index contributed by atoms with van der Waals surface area (Å²) in [7, 11) is -3.58. The van der Waals surface area contributed by atoms with Gasteiger partial charge in [-0.3, -0.25) is 20.4 Å². The number of hydrogen-bond acceptors (Lipinski definition) is 5. The van der Waals surface area contributed by atoms with Gasteiger partial charge in [-0.05, 0) is 36.8 Å². The molecule has 3 aromatic rings. The number of carbonyl (C=O) groups excluding carboxylic acids is 2. The number of furan rings is 1. The third-order valence-electron chi connectivity index (χ3n) is 4.12. The van der Waals surface area contributed by atoms with Crippen LogP contribution in [0.4, 0.5) is 0 Å². The highest BCUT2D eigenvalue weighted by Gasteiger charge is 2.19. The van der Waals surface area contributed by atoms with Gasteiger partial charge in [0.05, 0.1) is 11.3 Å². The normalized spacial score (nSPS) is 11.1. The second kappa shape index (κ2) is 8.74. The van der Waals surface area contributed by atoms with Crippen molar-refractivity contribution >= 4 is 21.7 Å². The summed E-state index contributed by atoms with van der Waals surface area (Å²) in [4.78, 5) is 24.2. The van der Waals surface area contributed by atoms with Gasteiger partial charge >= 0.3 is 5.91 Å². The van der Waals surface area contributed by atoms with Gasteiger partial charge in [-0.2, -0.15) is 0 Å². The summed E-state index contributed by atoms with van der Waals surface area (Å²) in [5.74, 6) is -1.40. The van der Waals surface area contributed by atoms with Crippen molar-refractivity contribution < 1.29 is 22.4 Å². The summed E-state index contributed by atoms with van der Waals surface area (Å²) < 4.78 is 30.1. The molecule has 2 N–H and O–H groups in total. The maximum absolute atomic E-state index is 12.4. The maximum Gasteiger partial charge on any atom is 0.305 e. The van der Waals surface area contributed by atoms with Crippen molar-refractivity contribution in [2.45, 2.75) is 24.0 Å². The fourth-order valence-corrected chi connectivity index (χ4v) is 3.87. The number of benzene rings is 2. The summed E-state index contributed by atoms with van der Waals surface area (Å²) in [6, 6.07) is 18.2. The van der Waals surface area contributed by atoms with Gasteiger partial charge in [-0.25, -0.2) is 8.42 Å². The SMILES string of the molecule is Cc1ccc(CC(=O)NNC(=O)c2ccc(CS(=O)(=O)c3ccccc3)o2)cc1. The van der Waals surface area contributed by atoms with Crippen LogP contribution in [0, 0.1) is 6.92 Å². The fourth-order valence-electron chi connectivity index (χ4n) is 2.60. The lowest BCUT2D eigenvalue weighted by atomic mass is 10.1. The molecule has 0 unspecified atom stereocenters. The van der Waals surface area contributed by atoms with E-state index in [1.165, 1.54) is 24.3 Å². The van der Waals surface area contributed by atoms with Gasteiger partial charge < -0.3 is 4.42 Å². The molecular formula is C21H20N2O5S. The number of hydrazine groups is 1. The van der Waals surface area contributed by atoms with E-state index in [-0.39, 0.29) is 34.5 Å². The maximum atomic E-state index is 12.4. The van der Waals surface area contributed by atoms with Crippen molar-refractivity contribution in [3.8, 4) is 0 Å². The Morgan fingerprint density at radius 1 is 0.897 bits per heavy atom. The minimum absolute atomic E-state index is 0.0982. The van der Waals surface area contributed by atoms with Crippen molar-refractivity contribution in [3.05, 3.63) is 89.4 Å². The Hall–Kier alpha value is -3.39. The zero-order chi connectivity index (χ0) is 20.9. The first kappa shape index (κ1) is 20.3. The molecule has 2 amide bonds. The van der Waals surface area contributed by atoms with Gasteiger partial charge in [0.15, 0.2) is 15.6 Å². The van der Waals surface area contributed by atoms with E-state index in [9.17, 15) is 18.0 Å². The van der Waals surface area contributed by atoms with E-state index < -0.39 is 15.7 Å². The highest BCUT2D eigenvalue weighted by Crippen LogP contribution is 2.18. The van der Waals surface area contributed by atoms with Crippen LogP contribution in [0.1, 0.15) is 27.4 Å². The van der Waals surface area contributed by atoms with Gasteiger partial charge in [-0.15, -0.1) is 0 Å². The number of nitrogens with one attached hydrogen (secondary N) is 2. The van der Waals surface area contributed by atoms with Crippen molar-refractivity contribution in [1.82, 2.24) is 10.9 Å². The van der Waals surface area contributed by atoms with Crippen molar-refractivity contribution in [2.24, 2.45) is 0 Å². The van der Waals surface area contributed by atoms with Crippen LogP contribution in [-0.2, 0) is 26.8 Å². The monoisotopic (exact) mass is 412 g/mol. The molecule has 8 heteroatoms. The molecule has 0 fully saturated rings. The summed E-state index contributed by atoms with van der Waals surface area (Å²) in [6.07, 6.45) is 0.110. The molecule has 0 saturated heterocycles. The van der Waals surface area contributed by atoms with E-state index >= 15 is 0 Å². The zero-order valence-electron chi connectivity index (χ0n) is 15.7. The lowest BCUT2D eigenvalue weighted by molar-refractivity contribution is -0.121. The fraction of sp³-hybridized carbons (Fsp3) is 0.143.